The molecule has 0 aromatic carbocycles. The van der Waals surface area contributed by atoms with E-state index in [9.17, 15) is 14.4 Å². The molecule has 0 radical (unpaired) electrons. The van der Waals surface area contributed by atoms with Crippen LogP contribution in [0.3, 0.4) is 0 Å². The number of alkyl halides is 1. The van der Waals surface area contributed by atoms with Gasteiger partial charge in [0, 0.05) is 11.3 Å². The van der Waals surface area contributed by atoms with Crippen molar-refractivity contribution in [3.05, 3.63) is 0 Å². The van der Waals surface area contributed by atoms with E-state index in [2.05, 4.69) is 0 Å². The molecular weight excluding hydrogens is 288 g/mol. The average molecular weight is 307 g/mol. The number of cyclic esters (lactones) is 1. The number of halogens is 1. The average Bonchev–Trinajstić information content (AvgIpc) is 2.73. The SMILES string of the molecule is CCOC(=O)C(C(=O)OCC)[C@@H]1C(=O)OC[C@H]1[C@H](C)Cl. The maximum atomic E-state index is 12.0. The number of hydrogen-bond acceptors (Lipinski definition) is 6. The molecule has 1 rings (SSSR count). The highest BCUT2D eigenvalue weighted by atomic mass is 35.5. The lowest BCUT2D eigenvalue weighted by molar-refractivity contribution is -0.168. The summed E-state index contributed by atoms with van der Waals surface area (Å²) in [4.78, 5) is 35.8. The zero-order valence-corrected chi connectivity index (χ0v) is 12.5. The van der Waals surface area contributed by atoms with Crippen LogP contribution in [0.15, 0.2) is 0 Å². The molecular formula is C13H19ClO6. The molecule has 0 aromatic rings. The zero-order chi connectivity index (χ0) is 15.3. The van der Waals surface area contributed by atoms with Crippen molar-refractivity contribution in [2.45, 2.75) is 26.1 Å². The Morgan fingerprint density at radius 1 is 1.30 bits per heavy atom. The minimum Gasteiger partial charge on any atom is -0.465 e. The van der Waals surface area contributed by atoms with E-state index >= 15 is 0 Å². The Balaban J connectivity index is 3.04. The van der Waals surface area contributed by atoms with Gasteiger partial charge in [0.25, 0.3) is 0 Å². The normalized spacial score (nSPS) is 23.4. The highest BCUT2D eigenvalue weighted by molar-refractivity contribution is 6.20. The molecule has 0 spiro atoms. The Morgan fingerprint density at radius 3 is 2.20 bits per heavy atom. The number of esters is 3. The van der Waals surface area contributed by atoms with Crippen LogP contribution in [0.4, 0.5) is 0 Å². The lowest BCUT2D eigenvalue weighted by Crippen LogP contribution is -2.41. The summed E-state index contributed by atoms with van der Waals surface area (Å²) in [5, 5.41) is -0.419. The van der Waals surface area contributed by atoms with Crippen molar-refractivity contribution in [3.8, 4) is 0 Å². The summed E-state index contributed by atoms with van der Waals surface area (Å²) in [5.74, 6) is -4.89. The predicted molar refractivity (Wildman–Crippen MR) is 70.0 cm³/mol. The van der Waals surface area contributed by atoms with E-state index in [1.54, 1.807) is 20.8 Å². The molecule has 0 saturated carbocycles. The van der Waals surface area contributed by atoms with E-state index in [1.165, 1.54) is 0 Å². The fourth-order valence-electron chi connectivity index (χ4n) is 2.21. The number of carbonyl (C=O) groups is 3. The van der Waals surface area contributed by atoms with Crippen molar-refractivity contribution in [2.75, 3.05) is 19.8 Å². The van der Waals surface area contributed by atoms with Gasteiger partial charge in [0.05, 0.1) is 25.7 Å². The number of rotatable bonds is 6. The van der Waals surface area contributed by atoms with Crippen LogP contribution in [-0.4, -0.2) is 43.1 Å². The summed E-state index contributed by atoms with van der Waals surface area (Å²) in [5.41, 5.74) is 0. The first kappa shape index (κ1) is 16.8. The summed E-state index contributed by atoms with van der Waals surface area (Å²) >= 11 is 6.02. The van der Waals surface area contributed by atoms with Crippen molar-refractivity contribution in [1.82, 2.24) is 0 Å². The van der Waals surface area contributed by atoms with Crippen molar-refractivity contribution in [3.63, 3.8) is 0 Å². The van der Waals surface area contributed by atoms with Gasteiger partial charge in [0.2, 0.25) is 0 Å². The molecule has 7 heteroatoms. The van der Waals surface area contributed by atoms with Crippen molar-refractivity contribution >= 4 is 29.5 Å². The van der Waals surface area contributed by atoms with E-state index in [1.807, 2.05) is 0 Å². The van der Waals surface area contributed by atoms with Crippen molar-refractivity contribution in [2.24, 2.45) is 17.8 Å². The molecule has 0 N–H and O–H groups in total. The third-order valence-corrected chi connectivity index (χ3v) is 3.51. The summed E-state index contributed by atoms with van der Waals surface area (Å²) in [7, 11) is 0. The van der Waals surface area contributed by atoms with E-state index in [-0.39, 0.29) is 19.8 Å². The molecule has 0 amide bonds. The van der Waals surface area contributed by atoms with Gasteiger partial charge in [0.15, 0.2) is 5.92 Å². The number of ether oxygens (including phenoxy) is 3. The quantitative estimate of drug-likeness (QED) is 0.317. The predicted octanol–water partition coefficient (Wildman–Crippen LogP) is 1.15. The fraction of sp³-hybridized carbons (Fsp3) is 0.769. The van der Waals surface area contributed by atoms with Gasteiger partial charge < -0.3 is 14.2 Å². The van der Waals surface area contributed by atoms with Gasteiger partial charge in [-0.05, 0) is 20.8 Å². The van der Waals surface area contributed by atoms with Crippen LogP contribution >= 0.6 is 11.6 Å². The van der Waals surface area contributed by atoms with E-state index in [0.717, 1.165) is 0 Å². The third kappa shape index (κ3) is 3.62. The first-order valence-electron chi connectivity index (χ1n) is 6.57. The summed E-state index contributed by atoms with van der Waals surface area (Å²) in [6, 6.07) is 0. The Hall–Kier alpha value is -1.30. The largest absolute Gasteiger partial charge is 0.465 e. The van der Waals surface area contributed by atoms with Crippen LogP contribution in [0.1, 0.15) is 20.8 Å². The molecule has 0 aliphatic carbocycles. The van der Waals surface area contributed by atoms with Gasteiger partial charge in [0.1, 0.15) is 0 Å². The van der Waals surface area contributed by atoms with E-state index < -0.39 is 41.0 Å². The molecule has 3 atom stereocenters. The van der Waals surface area contributed by atoms with Gasteiger partial charge in [-0.3, -0.25) is 14.4 Å². The monoisotopic (exact) mass is 306 g/mol. The summed E-state index contributed by atoms with van der Waals surface area (Å²) in [6.45, 7) is 5.23. The van der Waals surface area contributed by atoms with E-state index in [0.29, 0.717) is 0 Å². The first-order valence-corrected chi connectivity index (χ1v) is 7.01. The van der Waals surface area contributed by atoms with Gasteiger partial charge >= 0.3 is 17.9 Å². The maximum absolute atomic E-state index is 12.0. The van der Waals surface area contributed by atoms with Crippen LogP contribution in [0, 0.1) is 17.8 Å². The molecule has 1 heterocycles. The summed E-state index contributed by atoms with van der Waals surface area (Å²) < 4.78 is 14.7. The van der Waals surface area contributed by atoms with Crippen LogP contribution in [-0.2, 0) is 28.6 Å². The van der Waals surface area contributed by atoms with Crippen LogP contribution in [0.2, 0.25) is 0 Å². The molecule has 1 aliphatic heterocycles. The van der Waals surface area contributed by atoms with Crippen LogP contribution < -0.4 is 0 Å². The standard InChI is InChI=1S/C13H19ClO6/c1-4-18-12(16)10(13(17)19-5-2)9-8(7(3)14)6-20-11(9)15/h7-10H,4-6H2,1-3H3/t7-,8-,9+/m0/s1. The molecule has 0 bridgehead atoms. The molecule has 114 valence electrons. The molecule has 0 unspecified atom stereocenters. The lowest BCUT2D eigenvalue weighted by atomic mass is 9.81. The Bertz CT molecular complexity index is 363. The third-order valence-electron chi connectivity index (χ3n) is 3.18. The second kappa shape index (κ2) is 7.47. The molecule has 0 aromatic heterocycles. The van der Waals surface area contributed by atoms with Crippen molar-refractivity contribution < 1.29 is 28.6 Å². The highest BCUT2D eigenvalue weighted by Gasteiger charge is 2.51. The van der Waals surface area contributed by atoms with Crippen molar-refractivity contribution in [1.29, 1.82) is 0 Å². The van der Waals surface area contributed by atoms with Crippen LogP contribution in [0.5, 0.6) is 0 Å². The Kier molecular flexibility index (Phi) is 6.26. The number of hydrogen-bond donors (Lipinski definition) is 0. The number of carbonyl (C=O) groups excluding carboxylic acids is 3. The Labute approximate surface area is 122 Å². The highest BCUT2D eigenvalue weighted by Crippen LogP contribution is 2.35. The van der Waals surface area contributed by atoms with Crippen LogP contribution in [0.25, 0.3) is 0 Å². The second-order valence-corrected chi connectivity index (χ2v) is 5.17. The van der Waals surface area contributed by atoms with Gasteiger partial charge in [-0.2, -0.15) is 0 Å². The minimum atomic E-state index is -1.32. The molecule has 1 saturated heterocycles. The van der Waals surface area contributed by atoms with Gasteiger partial charge in [-0.1, -0.05) is 0 Å². The smallest absolute Gasteiger partial charge is 0.321 e. The first-order chi connectivity index (χ1) is 9.43. The second-order valence-electron chi connectivity index (χ2n) is 4.48. The molecule has 1 aliphatic rings. The Morgan fingerprint density at radius 2 is 1.80 bits per heavy atom. The molecule has 1 fully saturated rings. The zero-order valence-electron chi connectivity index (χ0n) is 11.8. The fourth-order valence-corrected chi connectivity index (χ4v) is 2.44. The van der Waals surface area contributed by atoms with Gasteiger partial charge in [-0.25, -0.2) is 0 Å². The minimum absolute atomic E-state index is 0.0868. The molecule has 20 heavy (non-hydrogen) atoms. The van der Waals surface area contributed by atoms with E-state index in [4.69, 9.17) is 25.8 Å². The molecule has 6 nitrogen and oxygen atoms in total. The van der Waals surface area contributed by atoms with Gasteiger partial charge in [-0.15, -0.1) is 11.6 Å². The maximum Gasteiger partial charge on any atom is 0.321 e. The lowest BCUT2D eigenvalue weighted by Gasteiger charge is -2.23. The topological polar surface area (TPSA) is 78.9 Å². The summed E-state index contributed by atoms with van der Waals surface area (Å²) in [6.07, 6.45) is 0.